The molecule has 0 spiro atoms. The highest BCUT2D eigenvalue weighted by atomic mass is 16.2. The summed E-state index contributed by atoms with van der Waals surface area (Å²) in [6.45, 7) is 0.268. The Labute approximate surface area is 78.6 Å². The van der Waals surface area contributed by atoms with Crippen LogP contribution in [0.4, 0.5) is 0 Å². The van der Waals surface area contributed by atoms with E-state index in [-0.39, 0.29) is 6.61 Å². The van der Waals surface area contributed by atoms with E-state index < -0.39 is 0 Å². The fourth-order valence-electron chi connectivity index (χ4n) is 1.49. The van der Waals surface area contributed by atoms with Gasteiger partial charge in [-0.15, -0.1) is 0 Å². The predicted molar refractivity (Wildman–Crippen MR) is 51.6 cm³/mol. The molecule has 0 atom stereocenters. The van der Waals surface area contributed by atoms with E-state index in [0.717, 1.165) is 18.8 Å². The molecule has 1 N–H and O–H groups in total. The second-order valence-corrected chi connectivity index (χ2v) is 3.69. The molecule has 13 heavy (non-hydrogen) atoms. The van der Waals surface area contributed by atoms with Crippen LogP contribution in [-0.4, -0.2) is 16.7 Å². The van der Waals surface area contributed by atoms with Crippen molar-refractivity contribution in [2.24, 2.45) is 0 Å². The Kier molecular flexibility index (Phi) is 2.60. The van der Waals surface area contributed by atoms with Crippen LogP contribution in [0.2, 0.25) is 0 Å². The highest BCUT2D eigenvalue weighted by Gasteiger charge is 2.24. The quantitative estimate of drug-likeness (QED) is 0.761. The molecule has 1 aliphatic rings. The third-order valence-corrected chi connectivity index (χ3v) is 2.47. The monoisotopic (exact) mass is 177 g/mol. The van der Waals surface area contributed by atoms with Crippen LogP contribution < -0.4 is 0 Å². The van der Waals surface area contributed by atoms with Crippen molar-refractivity contribution < 1.29 is 5.11 Å². The molecule has 1 aromatic rings. The summed E-state index contributed by atoms with van der Waals surface area (Å²) in [6.07, 6.45) is 6.34. The predicted octanol–water partition coefficient (Wildman–Crippen LogP) is 1.88. The van der Waals surface area contributed by atoms with Crippen LogP contribution >= 0.6 is 0 Å². The van der Waals surface area contributed by atoms with Gasteiger partial charge in [0.25, 0.3) is 0 Å². The van der Waals surface area contributed by atoms with Gasteiger partial charge in [-0.05, 0) is 37.3 Å². The first-order chi connectivity index (χ1) is 6.40. The molecule has 1 aliphatic carbocycles. The van der Waals surface area contributed by atoms with E-state index in [0.29, 0.717) is 0 Å². The van der Waals surface area contributed by atoms with Gasteiger partial charge in [-0.3, -0.25) is 4.98 Å². The lowest BCUT2D eigenvalue weighted by Gasteiger charge is -2.00. The number of aliphatic hydroxyl groups excluding tert-OH is 1. The van der Waals surface area contributed by atoms with Crippen LogP contribution in [0.3, 0.4) is 0 Å². The largest absolute Gasteiger partial charge is 0.396 e. The molecule has 70 valence electrons. The molecule has 2 heteroatoms. The normalized spacial score (nSPS) is 16.1. The summed E-state index contributed by atoms with van der Waals surface area (Å²) in [5.41, 5.74) is 2.48. The van der Waals surface area contributed by atoms with Crippen molar-refractivity contribution in [2.45, 2.75) is 31.6 Å². The Morgan fingerprint density at radius 3 is 2.77 bits per heavy atom. The van der Waals surface area contributed by atoms with Crippen molar-refractivity contribution in [3.8, 4) is 0 Å². The number of nitrogens with zero attached hydrogens (tertiary/aromatic N) is 1. The summed E-state index contributed by atoms with van der Waals surface area (Å²) >= 11 is 0. The molecule has 0 unspecified atom stereocenters. The molecule has 0 aromatic carbocycles. The average molecular weight is 177 g/mol. The second-order valence-electron chi connectivity index (χ2n) is 3.69. The molecule has 0 amide bonds. The molecular weight excluding hydrogens is 162 g/mol. The number of hydrogen-bond acceptors (Lipinski definition) is 2. The van der Waals surface area contributed by atoms with E-state index in [1.54, 1.807) is 0 Å². The number of rotatable bonds is 4. The lowest BCUT2D eigenvalue weighted by Crippen LogP contribution is -1.92. The maximum absolute atomic E-state index is 8.66. The highest BCUT2D eigenvalue weighted by molar-refractivity contribution is 5.19. The highest BCUT2D eigenvalue weighted by Crippen LogP contribution is 2.38. The van der Waals surface area contributed by atoms with Crippen LogP contribution in [0.15, 0.2) is 18.3 Å². The number of aliphatic hydroxyl groups is 1. The second kappa shape index (κ2) is 3.88. The molecule has 2 rings (SSSR count). The third-order valence-electron chi connectivity index (χ3n) is 2.47. The van der Waals surface area contributed by atoms with Gasteiger partial charge in [-0.2, -0.15) is 0 Å². The van der Waals surface area contributed by atoms with E-state index in [2.05, 4.69) is 17.1 Å². The van der Waals surface area contributed by atoms with Crippen LogP contribution in [0.25, 0.3) is 0 Å². The summed E-state index contributed by atoms with van der Waals surface area (Å²) in [5.74, 6) is 0.742. The molecule has 1 aromatic heterocycles. The molecular formula is C11H15NO. The smallest absolute Gasteiger partial charge is 0.0434 e. The molecule has 1 saturated carbocycles. The fraction of sp³-hybridized carbons (Fsp3) is 0.545. The maximum Gasteiger partial charge on any atom is 0.0434 e. The summed E-state index contributed by atoms with van der Waals surface area (Å²) in [5, 5.41) is 8.66. The zero-order chi connectivity index (χ0) is 9.10. The van der Waals surface area contributed by atoms with Crippen LogP contribution in [-0.2, 0) is 6.42 Å². The molecule has 2 nitrogen and oxygen atoms in total. The standard InChI is InChI=1S/C11H15NO/c13-7-1-2-9-3-6-11(12-8-9)10-4-5-10/h3,6,8,10,13H,1-2,4-5,7H2. The van der Waals surface area contributed by atoms with Gasteiger partial charge < -0.3 is 5.11 Å². The minimum Gasteiger partial charge on any atom is -0.396 e. The van der Waals surface area contributed by atoms with E-state index in [9.17, 15) is 0 Å². The van der Waals surface area contributed by atoms with Gasteiger partial charge in [-0.25, -0.2) is 0 Å². The van der Waals surface area contributed by atoms with Crippen LogP contribution in [0.1, 0.15) is 36.4 Å². The van der Waals surface area contributed by atoms with E-state index in [1.807, 2.05) is 6.20 Å². The molecule has 1 heterocycles. The SMILES string of the molecule is OCCCc1ccc(C2CC2)nc1. The molecule has 0 radical (unpaired) electrons. The Bertz CT molecular complexity index is 264. The van der Waals surface area contributed by atoms with Crippen LogP contribution in [0, 0.1) is 0 Å². The maximum atomic E-state index is 8.66. The van der Waals surface area contributed by atoms with Crippen molar-refractivity contribution in [2.75, 3.05) is 6.61 Å². The van der Waals surface area contributed by atoms with Crippen molar-refractivity contribution in [3.63, 3.8) is 0 Å². The molecule has 0 aliphatic heterocycles. The fourth-order valence-corrected chi connectivity index (χ4v) is 1.49. The van der Waals surface area contributed by atoms with Gasteiger partial charge in [0, 0.05) is 24.4 Å². The summed E-state index contributed by atoms with van der Waals surface area (Å²) < 4.78 is 0. The number of pyridine rings is 1. The minimum atomic E-state index is 0.268. The van der Waals surface area contributed by atoms with Gasteiger partial charge in [-0.1, -0.05) is 6.07 Å². The van der Waals surface area contributed by atoms with E-state index in [1.165, 1.54) is 24.1 Å². The van der Waals surface area contributed by atoms with Crippen molar-refractivity contribution in [3.05, 3.63) is 29.6 Å². The first-order valence-corrected chi connectivity index (χ1v) is 4.96. The number of aromatic nitrogens is 1. The third kappa shape index (κ3) is 2.28. The topological polar surface area (TPSA) is 33.1 Å². The Balaban J connectivity index is 1.96. The molecule has 0 saturated heterocycles. The van der Waals surface area contributed by atoms with Crippen molar-refractivity contribution in [1.29, 1.82) is 0 Å². The molecule has 1 fully saturated rings. The first-order valence-electron chi connectivity index (χ1n) is 4.96. The summed E-state index contributed by atoms with van der Waals surface area (Å²) in [4.78, 5) is 4.41. The van der Waals surface area contributed by atoms with Gasteiger partial charge in [0.1, 0.15) is 0 Å². The van der Waals surface area contributed by atoms with Crippen LogP contribution in [0.5, 0.6) is 0 Å². The summed E-state index contributed by atoms with van der Waals surface area (Å²) in [7, 11) is 0. The summed E-state index contributed by atoms with van der Waals surface area (Å²) in [6, 6.07) is 4.26. The number of aryl methyl sites for hydroxylation is 1. The van der Waals surface area contributed by atoms with E-state index >= 15 is 0 Å². The molecule has 0 bridgehead atoms. The van der Waals surface area contributed by atoms with Crippen molar-refractivity contribution >= 4 is 0 Å². The van der Waals surface area contributed by atoms with Gasteiger partial charge in [0.2, 0.25) is 0 Å². The Morgan fingerprint density at radius 1 is 1.38 bits per heavy atom. The van der Waals surface area contributed by atoms with Crippen molar-refractivity contribution in [1.82, 2.24) is 4.98 Å². The Hall–Kier alpha value is -0.890. The lowest BCUT2D eigenvalue weighted by atomic mass is 10.1. The van der Waals surface area contributed by atoms with Gasteiger partial charge >= 0.3 is 0 Å². The zero-order valence-electron chi connectivity index (χ0n) is 7.74. The zero-order valence-corrected chi connectivity index (χ0v) is 7.74. The average Bonchev–Trinajstić information content (AvgIpc) is 2.99. The van der Waals surface area contributed by atoms with Gasteiger partial charge in [0.15, 0.2) is 0 Å². The minimum absolute atomic E-state index is 0.268. The first kappa shape index (κ1) is 8.70. The van der Waals surface area contributed by atoms with Gasteiger partial charge in [0.05, 0.1) is 0 Å². The number of hydrogen-bond donors (Lipinski definition) is 1. The lowest BCUT2D eigenvalue weighted by molar-refractivity contribution is 0.288. The Morgan fingerprint density at radius 2 is 2.23 bits per heavy atom. The van der Waals surface area contributed by atoms with E-state index in [4.69, 9.17) is 5.11 Å².